The second-order valence-electron chi connectivity index (χ2n) is 9.61. The average molecular weight is 438 g/mol. The highest BCUT2D eigenvalue weighted by atomic mass is 16.6. The average Bonchev–Trinajstić information content (AvgIpc) is 3.18. The number of ether oxygens (including phenoxy) is 2. The monoisotopic (exact) mass is 437 g/mol. The maximum atomic E-state index is 13.2. The second kappa shape index (κ2) is 9.18. The number of amides is 2. The lowest BCUT2D eigenvalue weighted by Gasteiger charge is -2.36. The van der Waals surface area contributed by atoms with E-state index in [1.54, 1.807) is 17.3 Å². The number of nitrogens with one attached hydrogen (secondary N) is 1. The molecule has 1 saturated carbocycles. The third-order valence-corrected chi connectivity index (χ3v) is 5.91. The van der Waals surface area contributed by atoms with Crippen LogP contribution in [0.4, 0.5) is 4.79 Å². The van der Waals surface area contributed by atoms with Crippen molar-refractivity contribution in [2.45, 2.75) is 57.3 Å². The number of carbonyl (C=O) groups is 2. The highest BCUT2D eigenvalue weighted by Gasteiger charge is 2.43. The summed E-state index contributed by atoms with van der Waals surface area (Å²) >= 11 is 0. The van der Waals surface area contributed by atoms with E-state index in [0.29, 0.717) is 13.1 Å². The number of aromatic nitrogens is 1. The van der Waals surface area contributed by atoms with Gasteiger partial charge in [-0.3, -0.25) is 9.78 Å². The van der Waals surface area contributed by atoms with Crippen molar-refractivity contribution in [3.8, 4) is 5.75 Å². The van der Waals surface area contributed by atoms with Crippen LogP contribution in [0.1, 0.15) is 45.1 Å². The Morgan fingerprint density at radius 3 is 2.47 bits per heavy atom. The molecule has 7 nitrogen and oxygen atoms in total. The van der Waals surface area contributed by atoms with Crippen LogP contribution < -0.4 is 10.1 Å². The van der Waals surface area contributed by atoms with E-state index in [0.717, 1.165) is 24.2 Å². The summed E-state index contributed by atoms with van der Waals surface area (Å²) in [6.07, 6.45) is 4.64. The third-order valence-electron chi connectivity index (χ3n) is 5.91. The van der Waals surface area contributed by atoms with Crippen molar-refractivity contribution in [1.29, 1.82) is 0 Å². The van der Waals surface area contributed by atoms with Crippen LogP contribution in [-0.2, 0) is 9.53 Å². The number of rotatable bonds is 5. The van der Waals surface area contributed by atoms with Gasteiger partial charge in [0.2, 0.25) is 5.91 Å². The van der Waals surface area contributed by atoms with Crippen LogP contribution in [0.2, 0.25) is 0 Å². The van der Waals surface area contributed by atoms with Gasteiger partial charge < -0.3 is 19.7 Å². The molecule has 32 heavy (non-hydrogen) atoms. The Morgan fingerprint density at radius 2 is 1.81 bits per heavy atom. The molecule has 1 aliphatic heterocycles. The molecule has 1 N–H and O–H groups in total. The molecule has 1 aliphatic carbocycles. The highest BCUT2D eigenvalue weighted by Crippen LogP contribution is 2.34. The van der Waals surface area contributed by atoms with Crippen molar-refractivity contribution < 1.29 is 19.1 Å². The summed E-state index contributed by atoms with van der Waals surface area (Å²) in [6.45, 7) is 6.36. The van der Waals surface area contributed by atoms with Crippen LogP contribution in [-0.4, -0.2) is 52.7 Å². The number of likely N-dealkylation sites (tertiary alicyclic amines) is 1. The first kappa shape index (κ1) is 22.1. The highest BCUT2D eigenvalue weighted by molar-refractivity contribution is 5.82. The first-order valence-electron chi connectivity index (χ1n) is 11.2. The minimum atomic E-state index is -0.575. The van der Waals surface area contributed by atoms with E-state index in [9.17, 15) is 9.59 Å². The molecule has 170 valence electrons. The lowest BCUT2D eigenvalue weighted by atomic mass is 9.85. The van der Waals surface area contributed by atoms with Crippen molar-refractivity contribution >= 4 is 12.0 Å². The number of nitrogens with zero attached hydrogens (tertiary/aromatic N) is 2. The van der Waals surface area contributed by atoms with Gasteiger partial charge in [-0.05, 0) is 38.5 Å². The maximum absolute atomic E-state index is 13.2. The van der Waals surface area contributed by atoms with E-state index in [2.05, 4.69) is 10.3 Å². The van der Waals surface area contributed by atoms with Gasteiger partial charge in [0.15, 0.2) is 0 Å². The smallest absolute Gasteiger partial charge is 0.410 e. The van der Waals surface area contributed by atoms with Gasteiger partial charge in [-0.15, -0.1) is 0 Å². The van der Waals surface area contributed by atoms with Crippen molar-refractivity contribution in [2.24, 2.45) is 5.92 Å². The van der Waals surface area contributed by atoms with Crippen molar-refractivity contribution in [2.75, 3.05) is 13.1 Å². The largest absolute Gasteiger partial charge is 0.489 e. The lowest BCUT2D eigenvalue weighted by Crippen LogP contribution is -2.51. The van der Waals surface area contributed by atoms with Crippen molar-refractivity contribution in [3.05, 3.63) is 60.4 Å². The Hall–Kier alpha value is -3.09. The fourth-order valence-corrected chi connectivity index (χ4v) is 4.28. The molecule has 2 aliphatic rings. The number of carbonyl (C=O) groups excluding carboxylic acids is 2. The summed E-state index contributed by atoms with van der Waals surface area (Å²) in [5, 5.41) is 3.17. The normalized spacial score (nSPS) is 25.0. The predicted molar refractivity (Wildman–Crippen MR) is 120 cm³/mol. The summed E-state index contributed by atoms with van der Waals surface area (Å²) in [5.41, 5.74) is 0.486. The Morgan fingerprint density at radius 1 is 1.06 bits per heavy atom. The molecule has 7 heteroatoms. The third kappa shape index (κ3) is 5.39. The Bertz CT molecular complexity index is 923. The summed E-state index contributed by atoms with van der Waals surface area (Å²) in [4.78, 5) is 31.6. The molecule has 0 spiro atoms. The van der Waals surface area contributed by atoms with Gasteiger partial charge in [-0.25, -0.2) is 4.79 Å². The molecule has 2 fully saturated rings. The molecule has 2 atom stereocenters. The molecule has 1 aromatic carbocycles. The molecule has 1 aromatic heterocycles. The van der Waals surface area contributed by atoms with Gasteiger partial charge in [-0.1, -0.05) is 30.3 Å². The van der Waals surface area contributed by atoms with Crippen molar-refractivity contribution in [3.63, 3.8) is 0 Å². The van der Waals surface area contributed by atoms with E-state index in [-0.39, 0.29) is 36.0 Å². The standard InChI is InChI=1S/C25H31N3O4/c1-25(2,3)32-24(30)28-15-21(17-8-5-4-6-9-17)22(16-28)23(29)27-18-12-20(13-18)31-19-10-7-11-26-14-19/h4-11,14,18,20-22H,12-13,15-16H2,1-3H3,(H,27,29)/t18?,20?,21-,22+/m0/s1. The molecule has 1 saturated heterocycles. The van der Waals surface area contributed by atoms with Gasteiger partial charge in [0.1, 0.15) is 17.5 Å². The van der Waals surface area contributed by atoms with E-state index in [1.165, 1.54) is 0 Å². The summed E-state index contributed by atoms with van der Waals surface area (Å²) < 4.78 is 11.4. The number of hydrogen-bond donors (Lipinski definition) is 1. The molecule has 2 amide bonds. The van der Waals surface area contributed by atoms with E-state index in [1.807, 2.05) is 63.2 Å². The van der Waals surface area contributed by atoms with Crippen LogP contribution in [0.3, 0.4) is 0 Å². The summed E-state index contributed by atoms with van der Waals surface area (Å²) in [6, 6.07) is 13.7. The molecular formula is C25H31N3O4. The van der Waals surface area contributed by atoms with Gasteiger partial charge in [0.05, 0.1) is 12.1 Å². The van der Waals surface area contributed by atoms with Crippen LogP contribution in [0, 0.1) is 5.92 Å². The van der Waals surface area contributed by atoms with Gasteiger partial charge in [0, 0.05) is 44.1 Å². The number of benzene rings is 1. The van der Waals surface area contributed by atoms with Crippen LogP contribution in [0.25, 0.3) is 0 Å². The van der Waals surface area contributed by atoms with E-state index >= 15 is 0 Å². The molecular weight excluding hydrogens is 406 g/mol. The van der Waals surface area contributed by atoms with Crippen LogP contribution in [0.5, 0.6) is 5.75 Å². The predicted octanol–water partition coefficient (Wildman–Crippen LogP) is 3.76. The van der Waals surface area contributed by atoms with Crippen molar-refractivity contribution in [1.82, 2.24) is 15.2 Å². The Balaban J connectivity index is 1.37. The maximum Gasteiger partial charge on any atom is 0.410 e. The Labute approximate surface area is 189 Å². The van der Waals surface area contributed by atoms with Crippen LogP contribution >= 0.6 is 0 Å². The fourth-order valence-electron chi connectivity index (χ4n) is 4.28. The quantitative estimate of drug-likeness (QED) is 0.770. The summed E-state index contributed by atoms with van der Waals surface area (Å²) in [7, 11) is 0. The van der Waals surface area contributed by atoms with Gasteiger partial charge in [-0.2, -0.15) is 0 Å². The molecule has 4 rings (SSSR count). The topological polar surface area (TPSA) is 80.8 Å². The lowest BCUT2D eigenvalue weighted by molar-refractivity contribution is -0.126. The number of hydrogen-bond acceptors (Lipinski definition) is 5. The zero-order valence-corrected chi connectivity index (χ0v) is 18.9. The molecule has 2 aromatic rings. The Kier molecular flexibility index (Phi) is 6.35. The summed E-state index contributed by atoms with van der Waals surface area (Å²) in [5.74, 6) is 0.347. The fraction of sp³-hybridized carbons (Fsp3) is 0.480. The second-order valence-corrected chi connectivity index (χ2v) is 9.61. The SMILES string of the molecule is CC(C)(C)OC(=O)N1C[C@@H](C(=O)NC2CC(Oc3cccnc3)C2)[C@H](c2ccccc2)C1. The van der Waals surface area contributed by atoms with E-state index < -0.39 is 5.60 Å². The minimum Gasteiger partial charge on any atom is -0.489 e. The zero-order chi connectivity index (χ0) is 22.7. The molecule has 2 heterocycles. The van der Waals surface area contributed by atoms with Gasteiger partial charge >= 0.3 is 6.09 Å². The molecule has 0 bridgehead atoms. The first-order valence-corrected chi connectivity index (χ1v) is 11.2. The van der Waals surface area contributed by atoms with E-state index in [4.69, 9.17) is 9.47 Å². The van der Waals surface area contributed by atoms with Gasteiger partial charge in [0.25, 0.3) is 0 Å². The molecule has 0 unspecified atom stereocenters. The zero-order valence-electron chi connectivity index (χ0n) is 18.9. The number of pyridine rings is 1. The first-order chi connectivity index (χ1) is 15.3. The van der Waals surface area contributed by atoms with Crippen LogP contribution in [0.15, 0.2) is 54.9 Å². The molecule has 0 radical (unpaired) electrons. The minimum absolute atomic E-state index is 0.0188.